The van der Waals surface area contributed by atoms with Gasteiger partial charge in [-0.05, 0) is 43.4 Å². The number of urea groups is 1. The van der Waals surface area contributed by atoms with E-state index in [-0.39, 0.29) is 48.6 Å². The maximum absolute atomic E-state index is 13.8. The summed E-state index contributed by atoms with van der Waals surface area (Å²) in [4.78, 5) is 43.5. The topological polar surface area (TPSA) is 120 Å². The van der Waals surface area contributed by atoms with Gasteiger partial charge in [-0.3, -0.25) is 9.59 Å². The fraction of sp³-hybridized carbons (Fsp3) is 0.424. The molecule has 3 aromatic rings. The number of hydrogen-bond donors (Lipinski definition) is 3. The largest absolute Gasteiger partial charge is 0.485 e. The molecule has 0 aromatic heterocycles. The van der Waals surface area contributed by atoms with E-state index in [2.05, 4.69) is 10.6 Å². The number of fused-ring (bicyclic) bond motifs is 2. The van der Waals surface area contributed by atoms with E-state index >= 15 is 0 Å². The Balaban J connectivity index is 1.42. The van der Waals surface area contributed by atoms with Crippen LogP contribution in [-0.2, 0) is 9.53 Å². The van der Waals surface area contributed by atoms with Crippen molar-refractivity contribution in [3.63, 3.8) is 0 Å². The molecule has 0 radical (unpaired) electrons. The molecule has 3 N–H and O–H groups in total. The monoisotopic (exact) mass is 588 g/mol. The predicted molar refractivity (Wildman–Crippen MR) is 165 cm³/mol. The number of benzene rings is 3. The van der Waals surface area contributed by atoms with Crippen LogP contribution < -0.4 is 15.4 Å². The molecule has 0 spiro atoms. The maximum atomic E-state index is 13.8. The number of aliphatic hydroxyl groups excluding tert-OH is 1. The summed E-state index contributed by atoms with van der Waals surface area (Å²) in [5.41, 5.74) is 1.41. The summed E-state index contributed by atoms with van der Waals surface area (Å²) in [5, 5.41) is 17.9. The molecule has 0 saturated carbocycles. The second kappa shape index (κ2) is 13.4. The molecular formula is C33H40N4O6. The number of hydrogen-bond acceptors (Lipinski definition) is 6. The number of nitrogens with one attached hydrogen (secondary N) is 2. The molecule has 3 atom stereocenters. The third kappa shape index (κ3) is 6.76. The first-order valence-electron chi connectivity index (χ1n) is 14.9. The average molecular weight is 589 g/mol. The standard InChI is InChI=1S/C33H40N4O6/c1-21-18-37(22(2)20-38)32(40)26-11-7-13-28(34-31(39)24-14-16-42-17-15-24)30(26)43-29(21)19-36(3)33(41)35-27-12-6-9-23-8-4-5-10-25(23)27/h4-13,21-22,24,29,38H,14-20H2,1-3H3,(H,34,39)(H,35,41)/t21-,22+,29-/m1/s1. The van der Waals surface area contributed by atoms with Crippen LogP contribution in [0.25, 0.3) is 10.8 Å². The number of para-hydroxylation sites is 1. The number of likely N-dealkylation sites (N-methyl/N-ethyl adjacent to an activating group) is 1. The number of rotatable bonds is 7. The molecule has 1 saturated heterocycles. The van der Waals surface area contributed by atoms with Gasteiger partial charge in [0.2, 0.25) is 5.91 Å². The highest BCUT2D eigenvalue weighted by Crippen LogP contribution is 2.35. The molecule has 10 nitrogen and oxygen atoms in total. The summed E-state index contributed by atoms with van der Waals surface area (Å²) in [7, 11) is 1.70. The first kappa shape index (κ1) is 30.3. The first-order valence-corrected chi connectivity index (χ1v) is 14.9. The number of ether oxygens (including phenoxy) is 2. The van der Waals surface area contributed by atoms with Crippen LogP contribution in [0.4, 0.5) is 16.2 Å². The van der Waals surface area contributed by atoms with Gasteiger partial charge in [-0.25, -0.2) is 4.79 Å². The lowest BCUT2D eigenvalue weighted by molar-refractivity contribution is -0.122. The van der Waals surface area contributed by atoms with Crippen molar-refractivity contribution in [2.75, 3.05) is 50.6 Å². The van der Waals surface area contributed by atoms with Gasteiger partial charge in [0, 0.05) is 44.0 Å². The van der Waals surface area contributed by atoms with E-state index in [1.54, 1.807) is 42.0 Å². The van der Waals surface area contributed by atoms with Gasteiger partial charge < -0.3 is 35.0 Å². The van der Waals surface area contributed by atoms with Gasteiger partial charge in [0.05, 0.1) is 36.1 Å². The van der Waals surface area contributed by atoms with Crippen molar-refractivity contribution < 1.29 is 29.0 Å². The Morgan fingerprint density at radius 1 is 1.02 bits per heavy atom. The zero-order valence-electron chi connectivity index (χ0n) is 24.9. The van der Waals surface area contributed by atoms with E-state index in [9.17, 15) is 19.5 Å². The molecule has 43 heavy (non-hydrogen) atoms. The SMILES string of the molecule is C[C@@H]1CN([C@@H](C)CO)C(=O)c2cccc(NC(=O)C3CCOCC3)c2O[C@@H]1CN(C)C(=O)Nc1cccc2ccccc12. The smallest absolute Gasteiger partial charge is 0.321 e. The molecule has 1 fully saturated rings. The minimum absolute atomic E-state index is 0.147. The van der Waals surface area contributed by atoms with Crippen LogP contribution in [-0.4, -0.2) is 84.9 Å². The molecule has 0 bridgehead atoms. The van der Waals surface area contributed by atoms with Gasteiger partial charge in [0.15, 0.2) is 5.75 Å². The summed E-state index contributed by atoms with van der Waals surface area (Å²) in [6, 6.07) is 18.0. The lowest BCUT2D eigenvalue weighted by Gasteiger charge is -2.38. The Hall–Kier alpha value is -4.15. The van der Waals surface area contributed by atoms with Crippen molar-refractivity contribution >= 4 is 40.0 Å². The Labute approximate surface area is 251 Å². The molecule has 2 aliphatic rings. The van der Waals surface area contributed by atoms with Crippen molar-refractivity contribution in [3.05, 3.63) is 66.2 Å². The number of aliphatic hydroxyl groups is 1. The highest BCUT2D eigenvalue weighted by atomic mass is 16.5. The fourth-order valence-electron chi connectivity index (χ4n) is 5.65. The molecule has 2 aliphatic heterocycles. The van der Waals surface area contributed by atoms with Crippen molar-refractivity contribution in [1.82, 2.24) is 9.80 Å². The predicted octanol–water partition coefficient (Wildman–Crippen LogP) is 4.59. The molecule has 5 rings (SSSR count). The molecule has 2 heterocycles. The second-order valence-corrected chi connectivity index (χ2v) is 11.5. The quantitative estimate of drug-likeness (QED) is 0.372. The van der Waals surface area contributed by atoms with Crippen LogP contribution in [0.2, 0.25) is 0 Å². The van der Waals surface area contributed by atoms with Crippen LogP contribution in [0.3, 0.4) is 0 Å². The second-order valence-electron chi connectivity index (χ2n) is 11.5. The molecule has 10 heteroatoms. The third-order valence-corrected chi connectivity index (χ3v) is 8.37. The summed E-state index contributed by atoms with van der Waals surface area (Å²) in [6.45, 7) is 5.15. The van der Waals surface area contributed by atoms with Gasteiger partial charge in [-0.1, -0.05) is 49.4 Å². The van der Waals surface area contributed by atoms with Crippen molar-refractivity contribution in [3.8, 4) is 5.75 Å². The molecule has 4 amide bonds. The van der Waals surface area contributed by atoms with E-state index in [0.29, 0.717) is 49.5 Å². The van der Waals surface area contributed by atoms with Crippen molar-refractivity contribution in [2.45, 2.75) is 38.8 Å². The zero-order valence-corrected chi connectivity index (χ0v) is 24.9. The van der Waals surface area contributed by atoms with Gasteiger partial charge >= 0.3 is 6.03 Å². The Morgan fingerprint density at radius 2 is 1.72 bits per heavy atom. The van der Waals surface area contributed by atoms with Crippen LogP contribution in [0.1, 0.15) is 37.0 Å². The Kier molecular flexibility index (Phi) is 9.47. The number of anilines is 2. The highest BCUT2D eigenvalue weighted by molar-refractivity contribution is 6.03. The van der Waals surface area contributed by atoms with Gasteiger partial charge in [-0.15, -0.1) is 0 Å². The van der Waals surface area contributed by atoms with Crippen molar-refractivity contribution in [1.29, 1.82) is 0 Å². The van der Waals surface area contributed by atoms with Crippen LogP contribution in [0.15, 0.2) is 60.7 Å². The average Bonchev–Trinajstić information content (AvgIpc) is 3.03. The fourth-order valence-corrected chi connectivity index (χ4v) is 5.65. The molecular weight excluding hydrogens is 548 g/mol. The third-order valence-electron chi connectivity index (χ3n) is 8.37. The highest BCUT2D eigenvalue weighted by Gasteiger charge is 2.35. The van der Waals surface area contributed by atoms with E-state index < -0.39 is 12.1 Å². The van der Waals surface area contributed by atoms with Gasteiger partial charge in [0.25, 0.3) is 5.91 Å². The summed E-state index contributed by atoms with van der Waals surface area (Å²) < 4.78 is 12.0. The van der Waals surface area contributed by atoms with Crippen LogP contribution in [0.5, 0.6) is 5.75 Å². The van der Waals surface area contributed by atoms with Crippen molar-refractivity contribution in [2.24, 2.45) is 11.8 Å². The van der Waals surface area contributed by atoms with E-state index in [4.69, 9.17) is 9.47 Å². The van der Waals surface area contributed by atoms with Crippen LogP contribution in [0, 0.1) is 11.8 Å². The molecule has 0 unspecified atom stereocenters. The zero-order chi connectivity index (χ0) is 30.5. The normalized spacial score (nSPS) is 19.9. The number of amides is 4. The summed E-state index contributed by atoms with van der Waals surface area (Å²) in [5.74, 6) is -0.573. The number of carbonyl (C=O) groups excluding carboxylic acids is 3. The minimum Gasteiger partial charge on any atom is -0.485 e. The van der Waals surface area contributed by atoms with Gasteiger partial charge in [0.1, 0.15) is 6.10 Å². The van der Waals surface area contributed by atoms with E-state index in [0.717, 1.165) is 10.8 Å². The number of nitrogens with zero attached hydrogens (tertiary/aromatic N) is 2. The lowest BCUT2D eigenvalue weighted by atomic mass is 9.98. The molecule has 0 aliphatic carbocycles. The minimum atomic E-state index is -0.523. The summed E-state index contributed by atoms with van der Waals surface area (Å²) in [6.07, 6.45) is 0.724. The molecule has 228 valence electrons. The number of carbonyl (C=O) groups is 3. The lowest BCUT2D eigenvalue weighted by Crippen LogP contribution is -2.50. The molecule has 3 aromatic carbocycles. The van der Waals surface area contributed by atoms with E-state index in [1.807, 2.05) is 49.4 Å². The summed E-state index contributed by atoms with van der Waals surface area (Å²) >= 11 is 0. The maximum Gasteiger partial charge on any atom is 0.321 e. The van der Waals surface area contributed by atoms with E-state index in [1.165, 1.54) is 0 Å². The Bertz CT molecular complexity index is 1470. The van der Waals surface area contributed by atoms with Gasteiger partial charge in [-0.2, -0.15) is 0 Å². The Morgan fingerprint density at radius 3 is 2.49 bits per heavy atom. The first-order chi connectivity index (χ1) is 20.8. The van der Waals surface area contributed by atoms with Crippen LogP contribution >= 0.6 is 0 Å².